The summed E-state index contributed by atoms with van der Waals surface area (Å²) in [6.45, 7) is 1.11. The summed E-state index contributed by atoms with van der Waals surface area (Å²) in [5.74, 6) is -0.927. The van der Waals surface area contributed by atoms with E-state index in [0.29, 0.717) is 25.9 Å². The molecule has 2 N–H and O–H groups in total. The normalized spacial score (nSPS) is 19.5. The average Bonchev–Trinajstić information content (AvgIpc) is 2.76. The van der Waals surface area contributed by atoms with Gasteiger partial charge in [0.1, 0.15) is 5.54 Å². The van der Waals surface area contributed by atoms with E-state index in [1.54, 1.807) is 4.90 Å². The molecule has 0 aromatic heterocycles. The predicted molar refractivity (Wildman–Crippen MR) is 68.4 cm³/mol. The minimum Gasteiger partial charge on any atom is -0.480 e. The molecule has 3 rings (SSSR count). The van der Waals surface area contributed by atoms with Gasteiger partial charge in [-0.2, -0.15) is 0 Å². The standard InChI is InChI=1S/C14H16N2O3/c17-12(18)14(6-3-7-14)15-13(19)16-8-10-4-1-2-5-11(10)9-16/h1-2,4-5H,3,6-9H2,(H,15,19)(H,17,18). The van der Waals surface area contributed by atoms with Gasteiger partial charge in [0, 0.05) is 13.1 Å². The summed E-state index contributed by atoms with van der Waals surface area (Å²) in [7, 11) is 0. The lowest BCUT2D eigenvalue weighted by Gasteiger charge is -2.39. The maximum atomic E-state index is 12.2. The van der Waals surface area contributed by atoms with Crippen molar-refractivity contribution in [3.8, 4) is 0 Å². The molecular formula is C14H16N2O3. The number of hydrogen-bond acceptors (Lipinski definition) is 2. The van der Waals surface area contributed by atoms with Gasteiger partial charge in [-0.15, -0.1) is 0 Å². The summed E-state index contributed by atoms with van der Waals surface area (Å²) in [5, 5.41) is 11.9. The first-order valence-corrected chi connectivity index (χ1v) is 6.48. The second-order valence-corrected chi connectivity index (χ2v) is 5.30. The quantitative estimate of drug-likeness (QED) is 0.850. The van der Waals surface area contributed by atoms with Crippen LogP contribution in [0.25, 0.3) is 0 Å². The van der Waals surface area contributed by atoms with Gasteiger partial charge in [-0.05, 0) is 30.4 Å². The summed E-state index contributed by atoms with van der Waals surface area (Å²) in [6, 6.07) is 7.62. The van der Waals surface area contributed by atoms with Crippen LogP contribution in [-0.4, -0.2) is 27.5 Å². The molecule has 1 aromatic carbocycles. The number of nitrogens with one attached hydrogen (secondary N) is 1. The third kappa shape index (κ3) is 1.95. The second kappa shape index (κ2) is 4.26. The lowest BCUT2D eigenvalue weighted by molar-refractivity contribution is -0.148. The Morgan fingerprint density at radius 2 is 1.74 bits per heavy atom. The number of benzene rings is 1. The second-order valence-electron chi connectivity index (χ2n) is 5.30. The van der Waals surface area contributed by atoms with Crippen LogP contribution < -0.4 is 5.32 Å². The fourth-order valence-corrected chi connectivity index (χ4v) is 2.68. The Labute approximate surface area is 111 Å². The minimum absolute atomic E-state index is 0.279. The number of carboxylic acids is 1. The lowest BCUT2D eigenvalue weighted by Crippen LogP contribution is -2.61. The molecule has 0 atom stereocenters. The van der Waals surface area contributed by atoms with Gasteiger partial charge in [0.05, 0.1) is 0 Å². The van der Waals surface area contributed by atoms with Crippen LogP contribution in [0.15, 0.2) is 24.3 Å². The first-order chi connectivity index (χ1) is 9.11. The lowest BCUT2D eigenvalue weighted by atomic mass is 9.77. The van der Waals surface area contributed by atoms with Crippen LogP contribution in [-0.2, 0) is 17.9 Å². The van der Waals surface area contributed by atoms with Crippen molar-refractivity contribution in [1.82, 2.24) is 10.2 Å². The van der Waals surface area contributed by atoms with Crippen LogP contribution >= 0.6 is 0 Å². The summed E-state index contributed by atoms with van der Waals surface area (Å²) < 4.78 is 0. The number of rotatable bonds is 2. The van der Waals surface area contributed by atoms with E-state index in [-0.39, 0.29) is 6.03 Å². The van der Waals surface area contributed by atoms with Gasteiger partial charge in [-0.25, -0.2) is 9.59 Å². The number of hydrogen-bond donors (Lipinski definition) is 2. The molecule has 0 bridgehead atoms. The molecule has 1 heterocycles. The molecule has 2 amide bonds. The maximum Gasteiger partial charge on any atom is 0.329 e. The number of amides is 2. The van der Waals surface area contributed by atoms with Crippen LogP contribution in [0.5, 0.6) is 0 Å². The van der Waals surface area contributed by atoms with Crippen LogP contribution in [0, 0.1) is 0 Å². The Kier molecular flexibility index (Phi) is 2.69. The molecule has 1 aromatic rings. The number of nitrogens with zero attached hydrogens (tertiary/aromatic N) is 1. The molecule has 0 radical (unpaired) electrons. The van der Waals surface area contributed by atoms with Gasteiger partial charge in [0.25, 0.3) is 0 Å². The van der Waals surface area contributed by atoms with E-state index in [1.165, 1.54) is 0 Å². The monoisotopic (exact) mass is 260 g/mol. The highest BCUT2D eigenvalue weighted by molar-refractivity contribution is 5.87. The van der Waals surface area contributed by atoms with Gasteiger partial charge in [-0.3, -0.25) is 0 Å². The molecule has 0 spiro atoms. The van der Waals surface area contributed by atoms with Gasteiger partial charge < -0.3 is 15.3 Å². The molecule has 5 heteroatoms. The largest absolute Gasteiger partial charge is 0.480 e. The van der Waals surface area contributed by atoms with Gasteiger partial charge in [0.15, 0.2) is 0 Å². The molecule has 1 fully saturated rings. The van der Waals surface area contributed by atoms with E-state index >= 15 is 0 Å². The summed E-state index contributed by atoms with van der Waals surface area (Å²) in [5.41, 5.74) is 1.23. The van der Waals surface area contributed by atoms with Crippen molar-refractivity contribution in [2.45, 2.75) is 37.9 Å². The van der Waals surface area contributed by atoms with Gasteiger partial charge in [-0.1, -0.05) is 24.3 Å². The fraction of sp³-hybridized carbons (Fsp3) is 0.429. The van der Waals surface area contributed by atoms with Crippen molar-refractivity contribution in [2.75, 3.05) is 0 Å². The fourth-order valence-electron chi connectivity index (χ4n) is 2.68. The minimum atomic E-state index is -1.04. The summed E-state index contributed by atoms with van der Waals surface area (Å²) in [6.07, 6.45) is 1.90. The number of carbonyl (C=O) groups excluding carboxylic acids is 1. The van der Waals surface area contributed by atoms with E-state index in [4.69, 9.17) is 0 Å². The van der Waals surface area contributed by atoms with E-state index in [1.807, 2.05) is 24.3 Å². The number of urea groups is 1. The molecule has 2 aliphatic rings. The van der Waals surface area contributed by atoms with Crippen molar-refractivity contribution in [1.29, 1.82) is 0 Å². The van der Waals surface area contributed by atoms with E-state index in [2.05, 4.69) is 5.32 Å². The van der Waals surface area contributed by atoms with E-state index in [0.717, 1.165) is 17.5 Å². The number of carbonyl (C=O) groups is 2. The molecule has 1 saturated carbocycles. The molecule has 0 saturated heterocycles. The number of aliphatic carboxylic acids is 1. The maximum absolute atomic E-state index is 12.2. The van der Waals surface area contributed by atoms with Crippen molar-refractivity contribution < 1.29 is 14.7 Å². The SMILES string of the molecule is O=C(NC1(C(=O)O)CCC1)N1Cc2ccccc2C1. The highest BCUT2D eigenvalue weighted by atomic mass is 16.4. The molecule has 100 valence electrons. The Morgan fingerprint density at radius 3 is 2.16 bits per heavy atom. The highest BCUT2D eigenvalue weighted by Crippen LogP contribution is 2.33. The molecule has 1 aliphatic heterocycles. The van der Waals surface area contributed by atoms with Crippen molar-refractivity contribution in [3.63, 3.8) is 0 Å². The summed E-state index contributed by atoms with van der Waals surface area (Å²) >= 11 is 0. The van der Waals surface area contributed by atoms with Crippen molar-refractivity contribution in [3.05, 3.63) is 35.4 Å². The Hall–Kier alpha value is -2.04. The topological polar surface area (TPSA) is 69.6 Å². The summed E-state index contributed by atoms with van der Waals surface area (Å²) in [4.78, 5) is 25.1. The zero-order valence-electron chi connectivity index (χ0n) is 10.6. The molecule has 1 aliphatic carbocycles. The molecular weight excluding hydrogens is 244 g/mol. The Bertz CT molecular complexity index is 512. The zero-order chi connectivity index (χ0) is 13.5. The number of fused-ring (bicyclic) bond motifs is 1. The molecule has 0 unspecified atom stereocenters. The Morgan fingerprint density at radius 1 is 1.16 bits per heavy atom. The van der Waals surface area contributed by atoms with Crippen LogP contribution in [0.4, 0.5) is 4.79 Å². The van der Waals surface area contributed by atoms with Crippen LogP contribution in [0.1, 0.15) is 30.4 Å². The smallest absolute Gasteiger partial charge is 0.329 e. The third-order valence-corrected chi connectivity index (χ3v) is 4.09. The van der Waals surface area contributed by atoms with Crippen LogP contribution in [0.2, 0.25) is 0 Å². The van der Waals surface area contributed by atoms with Crippen LogP contribution in [0.3, 0.4) is 0 Å². The first kappa shape index (κ1) is 12.0. The van der Waals surface area contributed by atoms with Crippen molar-refractivity contribution >= 4 is 12.0 Å². The molecule has 5 nitrogen and oxygen atoms in total. The Balaban J connectivity index is 1.69. The highest BCUT2D eigenvalue weighted by Gasteiger charge is 2.46. The van der Waals surface area contributed by atoms with Gasteiger partial charge >= 0.3 is 12.0 Å². The van der Waals surface area contributed by atoms with E-state index < -0.39 is 11.5 Å². The van der Waals surface area contributed by atoms with E-state index in [9.17, 15) is 14.7 Å². The average molecular weight is 260 g/mol. The van der Waals surface area contributed by atoms with Gasteiger partial charge in [0.2, 0.25) is 0 Å². The predicted octanol–water partition coefficient (Wildman–Crippen LogP) is 1.72. The van der Waals surface area contributed by atoms with Crippen molar-refractivity contribution in [2.24, 2.45) is 0 Å². The zero-order valence-corrected chi connectivity index (χ0v) is 10.6. The first-order valence-electron chi connectivity index (χ1n) is 6.48. The third-order valence-electron chi connectivity index (χ3n) is 4.09. The number of carboxylic acid groups (broad SMARTS) is 1. The molecule has 19 heavy (non-hydrogen) atoms.